The van der Waals surface area contributed by atoms with Crippen molar-refractivity contribution in [1.29, 1.82) is 0 Å². The van der Waals surface area contributed by atoms with Crippen molar-refractivity contribution in [2.45, 2.75) is 5.75 Å². The first-order valence-corrected chi connectivity index (χ1v) is 10.8. The number of hydrogen-bond donors (Lipinski definition) is 0. The fourth-order valence-corrected chi connectivity index (χ4v) is 4.89. The molecule has 0 aliphatic carbocycles. The maximum atomic E-state index is 12.7. The maximum Gasteiger partial charge on any atom is 0.218 e. The van der Waals surface area contributed by atoms with Crippen molar-refractivity contribution in [1.82, 2.24) is 23.8 Å². The Bertz CT molecular complexity index is 1050. The molecule has 1 aliphatic heterocycles. The predicted octanol–water partition coefficient (Wildman–Crippen LogP) is 1.97. The van der Waals surface area contributed by atoms with Crippen LogP contribution in [0.5, 0.6) is 0 Å². The summed E-state index contributed by atoms with van der Waals surface area (Å²) in [6.45, 7) is 1.95. The molecule has 28 heavy (non-hydrogen) atoms. The second kappa shape index (κ2) is 7.86. The van der Waals surface area contributed by atoms with Crippen LogP contribution in [0, 0.1) is 0 Å². The molecular formula is C18H19ClN6O2S. The molecule has 3 heterocycles. The van der Waals surface area contributed by atoms with E-state index in [4.69, 9.17) is 11.6 Å². The van der Waals surface area contributed by atoms with Crippen molar-refractivity contribution in [3.63, 3.8) is 0 Å². The highest BCUT2D eigenvalue weighted by Gasteiger charge is 2.27. The van der Waals surface area contributed by atoms with Gasteiger partial charge in [0.2, 0.25) is 10.0 Å². The smallest absolute Gasteiger partial charge is 0.218 e. The Morgan fingerprint density at radius 3 is 2.54 bits per heavy atom. The van der Waals surface area contributed by atoms with Crippen molar-refractivity contribution in [2.24, 2.45) is 0 Å². The normalized spacial score (nSPS) is 15.7. The van der Waals surface area contributed by atoms with Gasteiger partial charge in [-0.1, -0.05) is 23.7 Å². The fraction of sp³-hybridized carbons (Fsp3) is 0.278. The van der Waals surface area contributed by atoms with E-state index in [1.807, 2.05) is 12.3 Å². The highest BCUT2D eigenvalue weighted by atomic mass is 35.5. The largest absolute Gasteiger partial charge is 0.354 e. The summed E-state index contributed by atoms with van der Waals surface area (Å²) in [7, 11) is -3.40. The number of piperazine rings is 1. The van der Waals surface area contributed by atoms with Crippen molar-refractivity contribution in [2.75, 3.05) is 31.1 Å². The Morgan fingerprint density at radius 2 is 1.82 bits per heavy atom. The number of rotatable bonds is 5. The van der Waals surface area contributed by atoms with E-state index in [0.717, 1.165) is 11.6 Å². The molecule has 146 valence electrons. The number of nitrogens with zero attached hydrogens (tertiary/aromatic N) is 6. The third kappa shape index (κ3) is 4.16. The average molecular weight is 419 g/mol. The molecule has 0 bridgehead atoms. The zero-order valence-electron chi connectivity index (χ0n) is 15.0. The Morgan fingerprint density at radius 1 is 1.04 bits per heavy atom. The van der Waals surface area contributed by atoms with E-state index < -0.39 is 10.0 Å². The van der Waals surface area contributed by atoms with Crippen molar-refractivity contribution >= 4 is 27.4 Å². The molecule has 0 spiro atoms. The van der Waals surface area contributed by atoms with Crippen LogP contribution < -0.4 is 4.90 Å². The number of benzene rings is 1. The van der Waals surface area contributed by atoms with Crippen LogP contribution in [0.2, 0.25) is 5.02 Å². The first kappa shape index (κ1) is 18.9. The molecule has 0 unspecified atom stereocenters. The minimum atomic E-state index is -3.40. The van der Waals surface area contributed by atoms with Gasteiger partial charge >= 0.3 is 0 Å². The number of imidazole rings is 1. The standard InChI is InChI=1S/C18H19ClN6O2S/c19-16-3-1-2-15(10-16)12-28(26,27)25-8-6-23(7-9-25)17-11-18(22-13-21-17)24-5-4-20-14-24/h1-5,10-11,13-14H,6-9,12H2. The lowest BCUT2D eigenvalue weighted by molar-refractivity contribution is 0.383. The van der Waals surface area contributed by atoms with E-state index in [1.165, 1.54) is 10.6 Å². The lowest BCUT2D eigenvalue weighted by atomic mass is 10.2. The van der Waals surface area contributed by atoms with Gasteiger partial charge in [0.05, 0.1) is 5.75 Å². The molecule has 8 nitrogen and oxygen atoms in total. The lowest BCUT2D eigenvalue weighted by Crippen LogP contribution is -2.49. The van der Waals surface area contributed by atoms with Crippen LogP contribution in [0.4, 0.5) is 5.82 Å². The van der Waals surface area contributed by atoms with Crippen LogP contribution in [0.25, 0.3) is 5.82 Å². The highest BCUT2D eigenvalue weighted by molar-refractivity contribution is 7.88. The van der Waals surface area contributed by atoms with Crippen molar-refractivity contribution < 1.29 is 8.42 Å². The van der Waals surface area contributed by atoms with Gasteiger partial charge in [-0.15, -0.1) is 0 Å². The van der Waals surface area contributed by atoms with E-state index >= 15 is 0 Å². The molecule has 10 heteroatoms. The summed E-state index contributed by atoms with van der Waals surface area (Å²) in [6.07, 6.45) is 6.68. The molecule has 0 radical (unpaired) electrons. The average Bonchev–Trinajstić information content (AvgIpc) is 3.23. The van der Waals surface area contributed by atoms with E-state index in [1.54, 1.807) is 41.4 Å². The van der Waals surface area contributed by atoms with Crippen LogP contribution in [0.1, 0.15) is 5.56 Å². The molecule has 1 fully saturated rings. The van der Waals surface area contributed by atoms with Gasteiger partial charge in [-0.05, 0) is 17.7 Å². The molecular weight excluding hydrogens is 400 g/mol. The van der Waals surface area contributed by atoms with Gasteiger partial charge in [-0.25, -0.2) is 23.4 Å². The minimum Gasteiger partial charge on any atom is -0.354 e. The second-order valence-corrected chi connectivity index (χ2v) is 8.88. The van der Waals surface area contributed by atoms with Gasteiger partial charge in [0.25, 0.3) is 0 Å². The minimum absolute atomic E-state index is 0.0498. The molecule has 1 saturated heterocycles. The van der Waals surface area contributed by atoms with E-state index in [0.29, 0.717) is 36.8 Å². The van der Waals surface area contributed by atoms with Crippen LogP contribution in [-0.4, -0.2) is 58.4 Å². The predicted molar refractivity (Wildman–Crippen MR) is 107 cm³/mol. The van der Waals surface area contributed by atoms with E-state index in [9.17, 15) is 8.42 Å². The topological polar surface area (TPSA) is 84.2 Å². The van der Waals surface area contributed by atoms with Crippen molar-refractivity contribution in [3.05, 3.63) is 66.0 Å². The third-order valence-corrected chi connectivity index (χ3v) is 6.69. The molecule has 0 atom stereocenters. The Hall–Kier alpha value is -2.49. The van der Waals surface area contributed by atoms with E-state index in [2.05, 4.69) is 19.9 Å². The number of sulfonamides is 1. The first-order valence-electron chi connectivity index (χ1n) is 8.79. The summed E-state index contributed by atoms with van der Waals surface area (Å²) in [5.74, 6) is 1.44. The summed E-state index contributed by atoms with van der Waals surface area (Å²) in [5, 5.41) is 0.537. The van der Waals surface area contributed by atoms with E-state index in [-0.39, 0.29) is 5.75 Å². The number of hydrogen-bond acceptors (Lipinski definition) is 6. The molecule has 1 aromatic carbocycles. The molecule has 4 rings (SSSR count). The molecule has 0 amide bonds. The summed E-state index contributed by atoms with van der Waals surface area (Å²) in [6, 6.07) is 8.83. The molecule has 2 aromatic heterocycles. The van der Waals surface area contributed by atoms with Gasteiger partial charge in [0, 0.05) is 49.7 Å². The Kier molecular flexibility index (Phi) is 5.29. The van der Waals surface area contributed by atoms with Crippen molar-refractivity contribution in [3.8, 4) is 5.82 Å². The van der Waals surface area contributed by atoms with Crippen LogP contribution >= 0.6 is 11.6 Å². The number of anilines is 1. The number of aromatic nitrogens is 4. The Balaban J connectivity index is 1.42. The monoisotopic (exact) mass is 418 g/mol. The summed E-state index contributed by atoms with van der Waals surface area (Å²) in [4.78, 5) is 14.7. The number of halogens is 1. The van der Waals surface area contributed by atoms with Gasteiger partial charge in [0.1, 0.15) is 24.3 Å². The maximum absolute atomic E-state index is 12.7. The summed E-state index contributed by atoms with van der Waals surface area (Å²) < 4.78 is 28.8. The molecule has 0 saturated carbocycles. The summed E-state index contributed by atoms with van der Waals surface area (Å²) in [5.41, 5.74) is 0.690. The van der Waals surface area contributed by atoms with Gasteiger partial charge in [0.15, 0.2) is 0 Å². The lowest BCUT2D eigenvalue weighted by Gasteiger charge is -2.34. The van der Waals surface area contributed by atoms with Crippen LogP contribution in [-0.2, 0) is 15.8 Å². The van der Waals surface area contributed by atoms with Crippen LogP contribution in [0.3, 0.4) is 0 Å². The van der Waals surface area contributed by atoms with Gasteiger partial charge in [-0.2, -0.15) is 4.31 Å². The van der Waals surface area contributed by atoms with Crippen LogP contribution in [0.15, 0.2) is 55.4 Å². The molecule has 0 N–H and O–H groups in total. The quantitative estimate of drug-likeness (QED) is 0.629. The molecule has 1 aliphatic rings. The Labute approximate surface area is 168 Å². The second-order valence-electron chi connectivity index (χ2n) is 6.48. The summed E-state index contributed by atoms with van der Waals surface area (Å²) >= 11 is 5.96. The molecule has 3 aromatic rings. The fourth-order valence-electron chi connectivity index (χ4n) is 3.17. The van der Waals surface area contributed by atoms with Gasteiger partial charge in [-0.3, -0.25) is 4.57 Å². The zero-order valence-corrected chi connectivity index (χ0v) is 16.6. The zero-order chi connectivity index (χ0) is 19.6. The highest BCUT2D eigenvalue weighted by Crippen LogP contribution is 2.20. The third-order valence-electron chi connectivity index (χ3n) is 4.60. The first-order chi connectivity index (χ1) is 13.5. The SMILES string of the molecule is O=S(=O)(Cc1cccc(Cl)c1)N1CCN(c2cc(-n3ccnc3)ncn2)CC1. The van der Waals surface area contributed by atoms with Gasteiger partial charge < -0.3 is 4.90 Å².